The minimum Gasteiger partial charge on any atom is -0.342 e. The number of aliphatic imine (C=N–C) groups is 1. The van der Waals surface area contributed by atoms with E-state index in [1.807, 2.05) is 23.5 Å². The van der Waals surface area contributed by atoms with Crippen LogP contribution >= 0.6 is 11.3 Å². The molecule has 2 aliphatic heterocycles. The summed E-state index contributed by atoms with van der Waals surface area (Å²) >= 11 is 1.58. The van der Waals surface area contributed by atoms with Gasteiger partial charge in [-0.15, -0.1) is 21.5 Å². The van der Waals surface area contributed by atoms with Crippen molar-refractivity contribution in [1.82, 2.24) is 34.2 Å². The first-order valence-electron chi connectivity index (χ1n) is 11.9. The third-order valence-electron chi connectivity index (χ3n) is 7.06. The second-order valence-electron chi connectivity index (χ2n) is 8.88. The van der Waals surface area contributed by atoms with Crippen molar-refractivity contribution in [1.29, 1.82) is 0 Å². The molecule has 3 aromatic heterocycles. The average molecular weight is 461 g/mol. The lowest BCUT2D eigenvalue weighted by molar-refractivity contribution is 0.218. The van der Waals surface area contributed by atoms with Gasteiger partial charge in [0.2, 0.25) is 0 Å². The van der Waals surface area contributed by atoms with Crippen LogP contribution in [0.5, 0.6) is 0 Å². The molecule has 0 bridgehead atoms. The van der Waals surface area contributed by atoms with Crippen LogP contribution in [0, 0.1) is 0 Å². The summed E-state index contributed by atoms with van der Waals surface area (Å²) in [6, 6.07) is 0.671. The van der Waals surface area contributed by atoms with Gasteiger partial charge in [0.1, 0.15) is 29.9 Å². The van der Waals surface area contributed by atoms with Gasteiger partial charge in [-0.05, 0) is 37.7 Å². The molecule has 1 fully saturated rings. The minimum atomic E-state index is 0.185. The Balaban J connectivity index is 1.51. The predicted molar refractivity (Wildman–Crippen MR) is 130 cm³/mol. The van der Waals surface area contributed by atoms with Gasteiger partial charge in [0.15, 0.2) is 11.7 Å². The van der Waals surface area contributed by atoms with E-state index in [2.05, 4.69) is 60.3 Å². The summed E-state index contributed by atoms with van der Waals surface area (Å²) in [7, 11) is 0. The Labute approximate surface area is 197 Å². The summed E-state index contributed by atoms with van der Waals surface area (Å²) < 4.78 is 4.23. The van der Waals surface area contributed by atoms with Crippen LogP contribution in [0.1, 0.15) is 70.7 Å². The van der Waals surface area contributed by atoms with Gasteiger partial charge >= 0.3 is 0 Å². The summed E-state index contributed by atoms with van der Waals surface area (Å²) in [6.07, 6.45) is 15.8. The van der Waals surface area contributed by atoms with Crippen molar-refractivity contribution in [3.63, 3.8) is 0 Å². The highest BCUT2D eigenvalue weighted by molar-refractivity contribution is 7.07. The van der Waals surface area contributed by atoms with Gasteiger partial charge in [0.25, 0.3) is 0 Å². The molecule has 33 heavy (non-hydrogen) atoms. The van der Waals surface area contributed by atoms with Crippen LogP contribution < -0.4 is 0 Å². The first kappa shape index (κ1) is 20.5. The number of hydrogen-bond acceptors (Lipinski definition) is 7. The van der Waals surface area contributed by atoms with E-state index in [1.165, 1.54) is 31.3 Å². The maximum atomic E-state index is 5.40. The van der Waals surface area contributed by atoms with E-state index in [1.54, 1.807) is 11.3 Å². The fourth-order valence-electron chi connectivity index (χ4n) is 5.41. The number of hydrogen-bond donors (Lipinski definition) is 0. The number of aromatic nitrogens is 6. The zero-order chi connectivity index (χ0) is 22.4. The highest BCUT2D eigenvalue weighted by atomic mass is 32.1. The van der Waals surface area contributed by atoms with Crippen LogP contribution in [-0.4, -0.2) is 46.1 Å². The molecule has 1 unspecified atom stereocenters. The molecule has 1 atom stereocenters. The van der Waals surface area contributed by atoms with E-state index in [0.29, 0.717) is 6.04 Å². The molecule has 1 saturated carbocycles. The summed E-state index contributed by atoms with van der Waals surface area (Å²) in [6.45, 7) is 4.44. The Bertz CT molecular complexity index is 1240. The van der Waals surface area contributed by atoms with Gasteiger partial charge < -0.3 is 4.90 Å². The molecular weight excluding hydrogens is 432 g/mol. The van der Waals surface area contributed by atoms with Gasteiger partial charge in [0.05, 0.1) is 17.2 Å². The molecule has 0 saturated heterocycles. The Morgan fingerprint density at radius 1 is 1.09 bits per heavy atom. The molecule has 3 aliphatic rings. The molecule has 170 valence electrons. The zero-order valence-electron chi connectivity index (χ0n) is 19.1. The number of nitrogens with zero attached hydrogens (tertiary/aromatic N) is 8. The van der Waals surface area contributed by atoms with Crippen molar-refractivity contribution in [2.24, 2.45) is 4.99 Å². The molecule has 0 aromatic carbocycles. The molecule has 0 amide bonds. The fraction of sp³-hybridized carbons (Fsp3) is 0.458. The van der Waals surface area contributed by atoms with Crippen molar-refractivity contribution in [2.45, 2.75) is 70.9 Å². The highest BCUT2D eigenvalue weighted by Gasteiger charge is 2.40. The second kappa shape index (κ2) is 8.37. The molecule has 9 heteroatoms. The first-order chi connectivity index (χ1) is 16.3. The van der Waals surface area contributed by atoms with Crippen LogP contribution in [-0.2, 0) is 0 Å². The van der Waals surface area contributed by atoms with Gasteiger partial charge in [-0.2, -0.15) is 0 Å². The molecule has 1 aliphatic carbocycles. The lowest BCUT2D eigenvalue weighted by atomic mass is 10.0. The van der Waals surface area contributed by atoms with Crippen LogP contribution in [0.3, 0.4) is 0 Å². The number of thiazole rings is 1. The van der Waals surface area contributed by atoms with Gasteiger partial charge in [-0.1, -0.05) is 32.8 Å². The number of amidine groups is 1. The zero-order valence-corrected chi connectivity index (χ0v) is 19.9. The van der Waals surface area contributed by atoms with Crippen molar-refractivity contribution in [3.05, 3.63) is 47.2 Å². The van der Waals surface area contributed by atoms with E-state index < -0.39 is 0 Å². The third kappa shape index (κ3) is 3.37. The molecule has 3 aromatic rings. The summed E-state index contributed by atoms with van der Waals surface area (Å²) in [5, 5.41) is 10.9. The maximum absolute atomic E-state index is 5.40. The predicted octanol–water partition coefficient (Wildman–Crippen LogP) is 5.23. The largest absolute Gasteiger partial charge is 0.342 e. The van der Waals surface area contributed by atoms with E-state index in [4.69, 9.17) is 4.99 Å². The van der Waals surface area contributed by atoms with E-state index in [0.717, 1.165) is 53.8 Å². The minimum absolute atomic E-state index is 0.185. The topological polar surface area (TPSA) is 77.0 Å². The Hall–Kier alpha value is -3.07. The first-order valence-corrected chi connectivity index (χ1v) is 12.9. The van der Waals surface area contributed by atoms with E-state index >= 15 is 0 Å². The standard InChI is InChI=1S/C24H28N8S/c1-3-16-9-10-21-23(28-22(16)30-11-18(25-13-30)19-12-33-15-26-19)32(17-7-5-6-8-17)20(4-2)24-29-27-14-31(21)24/h10-15,17,20H,3-9H2,1-2H3. The SMILES string of the molecule is CCC1=C(n2cnc(-c3cscn3)c2)N=C2C(=CC1)n1cnnc1C(CC)N2C1CCCC1. The van der Waals surface area contributed by atoms with Crippen LogP contribution in [0.2, 0.25) is 0 Å². The van der Waals surface area contributed by atoms with Gasteiger partial charge in [0, 0.05) is 17.6 Å². The van der Waals surface area contributed by atoms with Crippen molar-refractivity contribution in [2.75, 3.05) is 0 Å². The van der Waals surface area contributed by atoms with Crippen LogP contribution in [0.4, 0.5) is 0 Å². The monoisotopic (exact) mass is 460 g/mol. The average Bonchev–Trinajstić information content (AvgIpc) is 3.63. The third-order valence-corrected chi connectivity index (χ3v) is 7.65. The van der Waals surface area contributed by atoms with Gasteiger partial charge in [-0.25, -0.2) is 15.0 Å². The fourth-order valence-corrected chi connectivity index (χ4v) is 5.95. The normalized spacial score (nSPS) is 21.0. The van der Waals surface area contributed by atoms with Gasteiger partial charge in [-0.3, -0.25) is 9.13 Å². The summed E-state index contributed by atoms with van der Waals surface area (Å²) in [4.78, 5) is 17.0. The summed E-state index contributed by atoms with van der Waals surface area (Å²) in [5.74, 6) is 3.05. The quantitative estimate of drug-likeness (QED) is 0.521. The van der Waals surface area contributed by atoms with Crippen molar-refractivity contribution in [3.8, 4) is 11.4 Å². The van der Waals surface area contributed by atoms with Crippen LogP contribution in [0.25, 0.3) is 22.9 Å². The molecular formula is C24H28N8S. The maximum Gasteiger partial charge on any atom is 0.160 e. The molecule has 8 nitrogen and oxygen atoms in total. The van der Waals surface area contributed by atoms with E-state index in [9.17, 15) is 0 Å². The highest BCUT2D eigenvalue weighted by Crippen LogP contribution is 2.41. The number of allylic oxidation sites excluding steroid dienone is 2. The Morgan fingerprint density at radius 3 is 2.73 bits per heavy atom. The molecule has 0 radical (unpaired) electrons. The van der Waals surface area contributed by atoms with E-state index in [-0.39, 0.29) is 6.04 Å². The Morgan fingerprint density at radius 2 is 1.97 bits per heavy atom. The van der Waals surface area contributed by atoms with Crippen molar-refractivity contribution < 1.29 is 0 Å². The second-order valence-corrected chi connectivity index (χ2v) is 9.60. The smallest absolute Gasteiger partial charge is 0.160 e. The Kier molecular flexibility index (Phi) is 5.21. The number of rotatable bonds is 5. The number of imidazole rings is 1. The number of fused-ring (bicyclic) bond motifs is 3. The van der Waals surface area contributed by atoms with Crippen LogP contribution in [0.15, 0.2) is 46.4 Å². The van der Waals surface area contributed by atoms with Crippen molar-refractivity contribution >= 4 is 28.7 Å². The molecule has 0 spiro atoms. The molecule has 0 N–H and O–H groups in total. The lowest BCUT2D eigenvalue weighted by Gasteiger charge is -2.42. The molecule has 6 rings (SSSR count). The molecule has 5 heterocycles. The lowest BCUT2D eigenvalue weighted by Crippen LogP contribution is -2.47. The summed E-state index contributed by atoms with van der Waals surface area (Å²) in [5.41, 5.74) is 6.02.